The number of methoxy groups -OCH3 is 1. The van der Waals surface area contributed by atoms with Crippen molar-refractivity contribution < 1.29 is 19.4 Å². The van der Waals surface area contributed by atoms with Gasteiger partial charge in [-0.15, -0.1) is 0 Å². The summed E-state index contributed by atoms with van der Waals surface area (Å²) in [6.07, 6.45) is 4.98. The number of aliphatic hydroxyl groups excluding tert-OH is 1. The number of benzene rings is 2. The molecule has 2 heterocycles. The minimum Gasteiger partial charge on any atom is -0.497 e. The first kappa shape index (κ1) is 24.7. The van der Waals surface area contributed by atoms with Crippen molar-refractivity contribution in [1.82, 2.24) is 10.3 Å². The van der Waals surface area contributed by atoms with E-state index >= 15 is 0 Å². The van der Waals surface area contributed by atoms with Gasteiger partial charge in [-0.05, 0) is 74.0 Å². The molecule has 2 fully saturated rings. The number of rotatable bonds is 8. The lowest BCUT2D eigenvalue weighted by Gasteiger charge is -2.53. The van der Waals surface area contributed by atoms with E-state index in [4.69, 9.17) is 9.47 Å². The summed E-state index contributed by atoms with van der Waals surface area (Å²) < 4.78 is 11.5. The number of piperidine rings is 1. The molecule has 0 radical (unpaired) electrons. The van der Waals surface area contributed by atoms with Crippen molar-refractivity contribution in [1.29, 1.82) is 0 Å². The Kier molecular flexibility index (Phi) is 7.26. The second-order valence-electron chi connectivity index (χ2n) is 10.5. The first-order chi connectivity index (χ1) is 17.5. The zero-order chi connectivity index (χ0) is 25.1. The largest absolute Gasteiger partial charge is 0.497 e. The summed E-state index contributed by atoms with van der Waals surface area (Å²) in [5.41, 5.74) is 2.84. The van der Waals surface area contributed by atoms with Crippen LogP contribution in [0, 0.1) is 11.8 Å². The Bertz CT molecular complexity index is 1190. The highest BCUT2D eigenvalue weighted by Gasteiger charge is 2.53. The number of nitrogens with one attached hydrogen (secondary N) is 1. The molecule has 1 saturated carbocycles. The average Bonchev–Trinajstić information content (AvgIpc) is 2.92. The van der Waals surface area contributed by atoms with Crippen LogP contribution in [0.25, 0.3) is 10.9 Å². The normalized spacial score (nSPS) is 26.7. The van der Waals surface area contributed by atoms with Crippen LogP contribution in [0.15, 0.2) is 60.8 Å². The topological polar surface area (TPSA) is 80.7 Å². The van der Waals surface area contributed by atoms with E-state index in [0.29, 0.717) is 13.0 Å². The van der Waals surface area contributed by atoms with Crippen LogP contribution >= 0.6 is 0 Å². The van der Waals surface area contributed by atoms with E-state index in [2.05, 4.69) is 41.5 Å². The first-order valence-electron chi connectivity index (χ1n) is 13.1. The SMILES string of the molecule is COc1ccc2nccc(C(O)CC[C@H]3C(OC(=O)C4CCCNC4)CC3(C)c3ccccc3)c2c1. The van der Waals surface area contributed by atoms with Crippen LogP contribution in [0.5, 0.6) is 5.75 Å². The molecule has 0 amide bonds. The van der Waals surface area contributed by atoms with Gasteiger partial charge in [0.2, 0.25) is 0 Å². The van der Waals surface area contributed by atoms with Gasteiger partial charge in [-0.2, -0.15) is 0 Å². The number of aromatic nitrogens is 1. The van der Waals surface area contributed by atoms with E-state index in [-0.39, 0.29) is 29.3 Å². The summed E-state index contributed by atoms with van der Waals surface area (Å²) in [7, 11) is 1.64. The number of aliphatic hydroxyl groups is 1. The molecule has 190 valence electrons. The molecule has 36 heavy (non-hydrogen) atoms. The number of esters is 1. The molecule has 1 saturated heterocycles. The molecule has 5 atom stereocenters. The Morgan fingerprint density at radius 2 is 2.06 bits per heavy atom. The molecule has 0 bridgehead atoms. The molecular formula is C30H36N2O4. The molecule has 2 aromatic carbocycles. The Morgan fingerprint density at radius 1 is 1.22 bits per heavy atom. The molecule has 2 aliphatic rings. The van der Waals surface area contributed by atoms with Crippen molar-refractivity contribution in [3.8, 4) is 5.75 Å². The van der Waals surface area contributed by atoms with E-state index in [1.807, 2.05) is 30.3 Å². The van der Waals surface area contributed by atoms with Crippen molar-refractivity contribution >= 4 is 16.9 Å². The lowest BCUT2D eigenvalue weighted by atomic mass is 9.54. The van der Waals surface area contributed by atoms with Crippen LogP contribution in [0.2, 0.25) is 0 Å². The highest BCUT2D eigenvalue weighted by molar-refractivity contribution is 5.83. The second kappa shape index (κ2) is 10.6. The van der Waals surface area contributed by atoms with Crippen molar-refractivity contribution in [2.45, 2.75) is 56.7 Å². The van der Waals surface area contributed by atoms with Gasteiger partial charge in [0, 0.05) is 29.5 Å². The zero-order valence-electron chi connectivity index (χ0n) is 21.2. The van der Waals surface area contributed by atoms with E-state index in [0.717, 1.165) is 54.4 Å². The summed E-state index contributed by atoms with van der Waals surface area (Å²) in [6, 6.07) is 18.1. The third kappa shape index (κ3) is 4.84. The minimum absolute atomic E-state index is 0.0632. The Morgan fingerprint density at radius 3 is 2.81 bits per heavy atom. The van der Waals surface area contributed by atoms with Crippen LogP contribution < -0.4 is 10.1 Å². The van der Waals surface area contributed by atoms with Gasteiger partial charge in [-0.3, -0.25) is 9.78 Å². The van der Waals surface area contributed by atoms with Gasteiger partial charge in [-0.1, -0.05) is 37.3 Å². The number of carbonyl (C=O) groups excluding carboxylic acids is 1. The maximum atomic E-state index is 12.9. The Hall–Kier alpha value is -2.96. The molecule has 6 heteroatoms. The predicted octanol–water partition coefficient (Wildman–Crippen LogP) is 4.95. The molecule has 1 aromatic heterocycles. The number of carbonyl (C=O) groups is 1. The summed E-state index contributed by atoms with van der Waals surface area (Å²) in [6.45, 7) is 3.93. The fourth-order valence-corrected chi connectivity index (χ4v) is 6.10. The van der Waals surface area contributed by atoms with Gasteiger partial charge in [0.25, 0.3) is 0 Å². The summed E-state index contributed by atoms with van der Waals surface area (Å²) >= 11 is 0. The van der Waals surface area contributed by atoms with Gasteiger partial charge in [0.1, 0.15) is 11.9 Å². The van der Waals surface area contributed by atoms with E-state index < -0.39 is 6.10 Å². The molecule has 5 rings (SSSR count). The van der Waals surface area contributed by atoms with E-state index in [1.54, 1.807) is 13.3 Å². The molecule has 6 nitrogen and oxygen atoms in total. The monoisotopic (exact) mass is 488 g/mol. The lowest BCUT2D eigenvalue weighted by Crippen LogP contribution is -2.55. The number of hydrogen-bond acceptors (Lipinski definition) is 6. The van der Waals surface area contributed by atoms with E-state index in [9.17, 15) is 9.90 Å². The second-order valence-corrected chi connectivity index (χ2v) is 10.5. The molecular weight excluding hydrogens is 452 g/mol. The summed E-state index contributed by atoms with van der Waals surface area (Å²) in [4.78, 5) is 17.4. The van der Waals surface area contributed by atoms with Crippen molar-refractivity contribution in [2.75, 3.05) is 20.2 Å². The minimum atomic E-state index is -0.651. The maximum absolute atomic E-state index is 12.9. The number of pyridine rings is 1. The molecule has 3 aromatic rings. The van der Waals surface area contributed by atoms with Crippen LogP contribution in [-0.2, 0) is 14.9 Å². The maximum Gasteiger partial charge on any atom is 0.310 e. The third-order valence-corrected chi connectivity index (χ3v) is 8.32. The molecule has 0 spiro atoms. The number of ether oxygens (including phenoxy) is 2. The highest BCUT2D eigenvalue weighted by atomic mass is 16.5. The smallest absolute Gasteiger partial charge is 0.310 e. The molecule has 1 aliphatic carbocycles. The predicted molar refractivity (Wildman–Crippen MR) is 140 cm³/mol. The lowest BCUT2D eigenvalue weighted by molar-refractivity contribution is -0.172. The van der Waals surface area contributed by atoms with Crippen LogP contribution in [-0.4, -0.2) is 42.4 Å². The van der Waals surface area contributed by atoms with Gasteiger partial charge < -0.3 is 19.9 Å². The van der Waals surface area contributed by atoms with Crippen LogP contribution in [0.1, 0.15) is 56.3 Å². The van der Waals surface area contributed by atoms with Crippen LogP contribution in [0.3, 0.4) is 0 Å². The highest BCUT2D eigenvalue weighted by Crippen LogP contribution is 2.53. The fraction of sp³-hybridized carbons (Fsp3) is 0.467. The molecule has 4 unspecified atom stereocenters. The van der Waals surface area contributed by atoms with Gasteiger partial charge in [0.15, 0.2) is 0 Å². The van der Waals surface area contributed by atoms with Crippen molar-refractivity contribution in [3.63, 3.8) is 0 Å². The number of nitrogens with zero attached hydrogens (tertiary/aromatic N) is 1. The quantitative estimate of drug-likeness (QED) is 0.437. The van der Waals surface area contributed by atoms with Gasteiger partial charge in [-0.25, -0.2) is 0 Å². The molecule has 2 N–H and O–H groups in total. The van der Waals surface area contributed by atoms with Crippen molar-refractivity contribution in [3.05, 3.63) is 71.9 Å². The summed E-state index contributed by atoms with van der Waals surface area (Å²) in [5, 5.41) is 15.5. The summed E-state index contributed by atoms with van der Waals surface area (Å²) in [5.74, 6) is 0.730. The standard InChI is InChI=1S/C30H36N2O4/c1-30(21-8-4-3-5-9-21)18-28(36-29(34)20-7-6-15-31-19-20)25(30)11-13-27(33)23-14-16-32-26-12-10-22(35-2)17-24(23)26/h3-5,8-10,12,14,16-17,20,25,27-28,31,33H,6-7,11,13,15,18-19H2,1-2H3/t20?,25-,27?,28?,30?/m0/s1. The van der Waals surface area contributed by atoms with Gasteiger partial charge in [0.05, 0.1) is 24.6 Å². The first-order valence-corrected chi connectivity index (χ1v) is 13.1. The molecule has 1 aliphatic heterocycles. The van der Waals surface area contributed by atoms with Gasteiger partial charge >= 0.3 is 5.97 Å². The third-order valence-electron chi connectivity index (χ3n) is 8.32. The van der Waals surface area contributed by atoms with E-state index in [1.165, 1.54) is 5.56 Å². The Labute approximate surface area is 213 Å². The fourth-order valence-electron chi connectivity index (χ4n) is 6.10. The number of hydrogen-bond donors (Lipinski definition) is 2. The number of fused-ring (bicyclic) bond motifs is 1. The Balaban J connectivity index is 1.34. The van der Waals surface area contributed by atoms with Crippen LogP contribution in [0.4, 0.5) is 0 Å². The average molecular weight is 489 g/mol. The van der Waals surface area contributed by atoms with Crippen molar-refractivity contribution in [2.24, 2.45) is 11.8 Å². The zero-order valence-corrected chi connectivity index (χ0v) is 21.2.